The lowest BCUT2D eigenvalue weighted by atomic mass is 9.60. The Bertz CT molecular complexity index is 672. The first-order chi connectivity index (χ1) is 13.9. The number of rotatable bonds is 4. The molecule has 162 valence electrons. The third kappa shape index (κ3) is 3.72. The fourth-order valence-electron chi connectivity index (χ4n) is 5.97. The molecule has 3 saturated carbocycles. The number of carbonyl (C=O) groups is 2. The first-order valence-corrected chi connectivity index (χ1v) is 11.3. The third-order valence-corrected chi connectivity index (χ3v) is 7.34. The van der Waals surface area contributed by atoms with Crippen molar-refractivity contribution in [3.8, 4) is 0 Å². The maximum absolute atomic E-state index is 13.4. The number of aliphatic hydroxyl groups is 2. The minimum absolute atomic E-state index is 0.000898. The summed E-state index contributed by atoms with van der Waals surface area (Å²) in [6, 6.07) is 0.000898. The zero-order chi connectivity index (χ0) is 20.7. The van der Waals surface area contributed by atoms with Crippen LogP contribution in [0.4, 0.5) is 0 Å². The molecule has 1 saturated heterocycles. The molecule has 4 aliphatic rings. The van der Waals surface area contributed by atoms with Crippen LogP contribution in [0.1, 0.15) is 65.2 Å². The van der Waals surface area contributed by atoms with Gasteiger partial charge in [-0.15, -0.1) is 0 Å². The van der Waals surface area contributed by atoms with Gasteiger partial charge in [-0.05, 0) is 31.6 Å². The number of aliphatic hydroxyl groups excluding tert-OH is 2. The molecule has 0 aromatic carbocycles. The zero-order valence-corrected chi connectivity index (χ0v) is 17.5. The maximum atomic E-state index is 13.4. The Hall–Kier alpha value is -1.47. The van der Waals surface area contributed by atoms with E-state index in [9.17, 15) is 19.8 Å². The highest BCUT2D eigenvalue weighted by Gasteiger charge is 2.60. The molecule has 1 aliphatic heterocycles. The molecule has 0 aromatic rings. The minimum Gasteiger partial charge on any atom is -0.396 e. The van der Waals surface area contributed by atoms with Crippen molar-refractivity contribution in [2.75, 3.05) is 6.61 Å². The molecule has 0 bridgehead atoms. The van der Waals surface area contributed by atoms with Crippen molar-refractivity contribution >= 4 is 17.5 Å². The summed E-state index contributed by atoms with van der Waals surface area (Å²) in [5, 5.41) is 25.6. The number of hydrogen-bond donors (Lipinski definition) is 2. The van der Waals surface area contributed by atoms with Gasteiger partial charge in [-0.3, -0.25) is 14.5 Å². The van der Waals surface area contributed by atoms with E-state index in [1.54, 1.807) is 0 Å². The van der Waals surface area contributed by atoms with Crippen molar-refractivity contribution < 1.29 is 24.6 Å². The van der Waals surface area contributed by atoms with E-state index in [0.29, 0.717) is 25.4 Å². The molecule has 0 spiro atoms. The first kappa shape index (κ1) is 20.8. The molecule has 29 heavy (non-hydrogen) atoms. The van der Waals surface area contributed by atoms with Gasteiger partial charge in [-0.25, -0.2) is 0 Å². The molecule has 3 aliphatic carbocycles. The number of nitrogens with zero attached hydrogens (tertiary/aromatic N) is 2. The molecule has 1 heterocycles. The third-order valence-electron chi connectivity index (χ3n) is 7.34. The number of amides is 2. The predicted octanol–water partition coefficient (Wildman–Crippen LogP) is 2.10. The van der Waals surface area contributed by atoms with Crippen molar-refractivity contribution in [2.45, 2.75) is 83.5 Å². The highest BCUT2D eigenvalue weighted by Crippen LogP contribution is 2.50. The molecule has 6 atom stereocenters. The summed E-state index contributed by atoms with van der Waals surface area (Å²) in [4.78, 5) is 33.6. The molecule has 4 rings (SSSR count). The van der Waals surface area contributed by atoms with Crippen LogP contribution in [0.5, 0.6) is 0 Å². The van der Waals surface area contributed by atoms with Crippen LogP contribution in [0.2, 0.25) is 0 Å². The summed E-state index contributed by atoms with van der Waals surface area (Å²) in [6.07, 6.45) is 4.60. The summed E-state index contributed by atoms with van der Waals surface area (Å²) in [7, 11) is 0. The Kier molecular flexibility index (Phi) is 5.98. The summed E-state index contributed by atoms with van der Waals surface area (Å²) in [5.41, 5.74) is 0.725. The Morgan fingerprint density at radius 1 is 1.03 bits per heavy atom. The normalized spacial score (nSPS) is 39.8. The minimum atomic E-state index is -1.01. The van der Waals surface area contributed by atoms with Crippen LogP contribution in [-0.2, 0) is 14.4 Å². The Morgan fingerprint density at radius 2 is 1.72 bits per heavy atom. The topological polar surface area (TPSA) is 99.4 Å². The number of oxime groups is 1. The van der Waals surface area contributed by atoms with Crippen LogP contribution in [0.25, 0.3) is 0 Å². The van der Waals surface area contributed by atoms with E-state index in [2.05, 4.69) is 5.16 Å². The highest BCUT2D eigenvalue weighted by molar-refractivity contribution is 6.06. The summed E-state index contributed by atoms with van der Waals surface area (Å²) in [5.74, 6) is -1.38. The van der Waals surface area contributed by atoms with Gasteiger partial charge in [0.2, 0.25) is 11.8 Å². The Labute approximate surface area is 172 Å². The van der Waals surface area contributed by atoms with Crippen LogP contribution in [0.3, 0.4) is 0 Å². The van der Waals surface area contributed by atoms with Crippen molar-refractivity contribution in [1.82, 2.24) is 4.90 Å². The number of carbonyl (C=O) groups excluding carboxylic acids is 2. The second-order valence-electron chi connectivity index (χ2n) is 9.77. The van der Waals surface area contributed by atoms with E-state index in [1.165, 1.54) is 4.90 Å². The number of fused-ring (bicyclic) bond motifs is 3. The van der Waals surface area contributed by atoms with E-state index in [1.807, 2.05) is 13.8 Å². The smallest absolute Gasteiger partial charge is 0.233 e. The van der Waals surface area contributed by atoms with E-state index < -0.39 is 24.0 Å². The molecule has 0 aromatic heterocycles. The largest absolute Gasteiger partial charge is 0.396 e. The van der Waals surface area contributed by atoms with Gasteiger partial charge in [0, 0.05) is 24.3 Å². The SMILES string of the molecule is CC(C)CON=C1C[C@@H](O)[C@@H](O)[C@@H]2[C@H]3C(=O)N(C4CCCCC4)C(=O)[C@@H]3CC[C@@H]12. The summed E-state index contributed by atoms with van der Waals surface area (Å²) in [6.45, 7) is 4.56. The van der Waals surface area contributed by atoms with Crippen molar-refractivity contribution in [3.63, 3.8) is 0 Å². The average Bonchev–Trinajstić information content (AvgIpc) is 2.96. The number of hydrogen-bond acceptors (Lipinski definition) is 6. The summed E-state index contributed by atoms with van der Waals surface area (Å²) < 4.78 is 0. The predicted molar refractivity (Wildman–Crippen MR) is 107 cm³/mol. The lowest BCUT2D eigenvalue weighted by Crippen LogP contribution is -2.54. The second kappa shape index (κ2) is 8.34. The molecule has 2 amide bonds. The van der Waals surface area contributed by atoms with Crippen LogP contribution < -0.4 is 0 Å². The van der Waals surface area contributed by atoms with E-state index >= 15 is 0 Å². The fourth-order valence-corrected chi connectivity index (χ4v) is 5.97. The van der Waals surface area contributed by atoms with Crippen molar-refractivity contribution in [3.05, 3.63) is 0 Å². The van der Waals surface area contributed by atoms with E-state index in [4.69, 9.17) is 4.84 Å². The lowest BCUT2D eigenvalue weighted by Gasteiger charge is -2.45. The van der Waals surface area contributed by atoms with Gasteiger partial charge in [-0.1, -0.05) is 38.3 Å². The molecule has 4 fully saturated rings. The van der Waals surface area contributed by atoms with Gasteiger partial charge in [0.1, 0.15) is 6.61 Å². The molecule has 2 N–H and O–H groups in total. The van der Waals surface area contributed by atoms with Crippen LogP contribution in [0, 0.1) is 29.6 Å². The molecular formula is C22H34N2O5. The van der Waals surface area contributed by atoms with Gasteiger partial charge >= 0.3 is 0 Å². The second-order valence-corrected chi connectivity index (χ2v) is 9.77. The Balaban J connectivity index is 1.59. The fraction of sp³-hybridized carbons (Fsp3) is 0.864. The van der Waals surface area contributed by atoms with Crippen molar-refractivity contribution in [1.29, 1.82) is 0 Å². The van der Waals surface area contributed by atoms with Gasteiger partial charge in [0.05, 0.1) is 29.8 Å². The monoisotopic (exact) mass is 406 g/mol. The maximum Gasteiger partial charge on any atom is 0.233 e. The van der Waals surface area contributed by atoms with Crippen LogP contribution in [-0.4, -0.2) is 57.5 Å². The van der Waals surface area contributed by atoms with Crippen LogP contribution in [0.15, 0.2) is 5.16 Å². The van der Waals surface area contributed by atoms with Gasteiger partial charge in [-0.2, -0.15) is 0 Å². The number of likely N-dealkylation sites (tertiary alicyclic amines) is 1. The van der Waals surface area contributed by atoms with Crippen molar-refractivity contribution in [2.24, 2.45) is 34.7 Å². The number of imide groups is 1. The highest BCUT2D eigenvalue weighted by atomic mass is 16.6. The van der Waals surface area contributed by atoms with Gasteiger partial charge in [0.15, 0.2) is 0 Å². The zero-order valence-electron chi connectivity index (χ0n) is 17.5. The molecule has 0 unspecified atom stereocenters. The molecule has 7 heteroatoms. The Morgan fingerprint density at radius 3 is 2.41 bits per heavy atom. The van der Waals surface area contributed by atoms with E-state index in [-0.39, 0.29) is 36.1 Å². The van der Waals surface area contributed by atoms with Gasteiger partial charge < -0.3 is 15.1 Å². The average molecular weight is 407 g/mol. The standard InChI is InChI=1S/C22H34N2O5/c1-12(2)11-29-23-16-10-17(25)20(26)18-14(16)8-9-15-19(18)22(28)24(21(15)27)13-6-4-3-5-7-13/h12-15,17-20,25-26H,3-11H2,1-2H3/t14-,15+,17+,18-,19-,20+/m0/s1. The van der Waals surface area contributed by atoms with Crippen LogP contribution >= 0.6 is 0 Å². The lowest BCUT2D eigenvalue weighted by molar-refractivity contribution is -0.145. The first-order valence-electron chi connectivity index (χ1n) is 11.3. The quantitative estimate of drug-likeness (QED) is 0.550. The van der Waals surface area contributed by atoms with E-state index in [0.717, 1.165) is 37.8 Å². The molecule has 0 radical (unpaired) electrons. The summed E-state index contributed by atoms with van der Waals surface area (Å²) >= 11 is 0. The molecular weight excluding hydrogens is 372 g/mol. The van der Waals surface area contributed by atoms with Gasteiger partial charge in [0.25, 0.3) is 0 Å². The molecule has 7 nitrogen and oxygen atoms in total.